The van der Waals surface area contributed by atoms with Gasteiger partial charge in [-0.1, -0.05) is 35.0 Å². The van der Waals surface area contributed by atoms with Crippen LogP contribution in [-0.4, -0.2) is 28.3 Å². The molecule has 0 radical (unpaired) electrons. The molecule has 1 aliphatic heterocycles. The molecule has 0 spiro atoms. The first-order chi connectivity index (χ1) is 13.4. The van der Waals surface area contributed by atoms with Gasteiger partial charge in [0.1, 0.15) is 5.75 Å². The summed E-state index contributed by atoms with van der Waals surface area (Å²) in [6.45, 7) is 1.75. The summed E-state index contributed by atoms with van der Waals surface area (Å²) < 4.78 is 6.40. The van der Waals surface area contributed by atoms with Crippen LogP contribution in [0.4, 0.5) is 5.69 Å². The quantitative estimate of drug-likeness (QED) is 0.615. The highest BCUT2D eigenvalue weighted by Crippen LogP contribution is 2.29. The van der Waals surface area contributed by atoms with E-state index in [-0.39, 0.29) is 5.91 Å². The fraction of sp³-hybridized carbons (Fsp3) is 0.150. The molecule has 3 rings (SSSR count). The number of hydrogen-bond donors (Lipinski definition) is 2. The van der Waals surface area contributed by atoms with E-state index in [0.29, 0.717) is 22.2 Å². The number of ether oxygens (including phenoxy) is 1. The van der Waals surface area contributed by atoms with Crippen molar-refractivity contribution in [1.82, 2.24) is 5.32 Å². The standard InChI is InChI=1S/C20H17BrN2O4S/c1-2-16(19(25)26)27-15-9-3-12(4-10-15)11-17-18(24)23-20(28-17)22-14-7-5-13(21)6-8-14/h3-11,16H,2H2,1H3,(H,25,26)(H,22,23,24)/b17-11+. The zero-order valence-electron chi connectivity index (χ0n) is 14.9. The summed E-state index contributed by atoms with van der Waals surface area (Å²) >= 11 is 4.64. The molecular weight excluding hydrogens is 444 g/mol. The SMILES string of the molecule is CCC(Oc1ccc(/C=C2/SC(=Nc3ccc(Br)cc3)NC2=O)cc1)C(=O)O. The van der Waals surface area contributed by atoms with Crippen LogP contribution in [0.25, 0.3) is 6.08 Å². The van der Waals surface area contributed by atoms with Crippen LogP contribution in [0, 0.1) is 0 Å². The van der Waals surface area contributed by atoms with Crippen molar-refractivity contribution >= 4 is 56.5 Å². The molecule has 1 fully saturated rings. The minimum absolute atomic E-state index is 0.210. The molecular formula is C20H17BrN2O4S. The van der Waals surface area contributed by atoms with E-state index in [1.807, 2.05) is 24.3 Å². The molecule has 0 aromatic heterocycles. The Bertz CT molecular complexity index is 940. The highest BCUT2D eigenvalue weighted by Gasteiger charge is 2.23. The molecule has 1 heterocycles. The molecule has 1 atom stereocenters. The van der Waals surface area contributed by atoms with Gasteiger partial charge in [0.05, 0.1) is 10.6 Å². The Hall–Kier alpha value is -2.58. The molecule has 2 aromatic carbocycles. The van der Waals surface area contributed by atoms with Crippen molar-refractivity contribution in [2.24, 2.45) is 4.99 Å². The van der Waals surface area contributed by atoms with Gasteiger partial charge in [0, 0.05) is 4.47 Å². The number of thioether (sulfide) groups is 1. The Morgan fingerprint density at radius 2 is 1.93 bits per heavy atom. The van der Waals surface area contributed by atoms with Crippen molar-refractivity contribution in [3.63, 3.8) is 0 Å². The van der Waals surface area contributed by atoms with E-state index in [1.165, 1.54) is 11.8 Å². The number of carboxylic acid groups (broad SMARTS) is 1. The molecule has 0 bridgehead atoms. The highest BCUT2D eigenvalue weighted by atomic mass is 79.9. The van der Waals surface area contributed by atoms with Gasteiger partial charge in [-0.05, 0) is 66.2 Å². The Balaban J connectivity index is 1.70. The van der Waals surface area contributed by atoms with Gasteiger partial charge in [0.15, 0.2) is 11.3 Å². The van der Waals surface area contributed by atoms with Gasteiger partial charge in [0.25, 0.3) is 5.91 Å². The largest absolute Gasteiger partial charge is 0.479 e. The van der Waals surface area contributed by atoms with Crippen LogP contribution in [-0.2, 0) is 9.59 Å². The van der Waals surface area contributed by atoms with Crippen LogP contribution in [0.1, 0.15) is 18.9 Å². The topological polar surface area (TPSA) is 88.0 Å². The van der Waals surface area contributed by atoms with Crippen molar-refractivity contribution < 1.29 is 19.4 Å². The van der Waals surface area contributed by atoms with E-state index in [4.69, 9.17) is 9.84 Å². The van der Waals surface area contributed by atoms with E-state index in [2.05, 4.69) is 26.2 Å². The number of nitrogens with zero attached hydrogens (tertiary/aromatic N) is 1. The van der Waals surface area contributed by atoms with Crippen molar-refractivity contribution in [2.75, 3.05) is 0 Å². The molecule has 1 aliphatic rings. The number of aliphatic carboxylic acids is 1. The monoisotopic (exact) mass is 460 g/mol. The minimum atomic E-state index is -0.995. The van der Waals surface area contributed by atoms with Gasteiger partial charge in [-0.15, -0.1) is 0 Å². The van der Waals surface area contributed by atoms with E-state index in [0.717, 1.165) is 15.7 Å². The average molecular weight is 461 g/mol. The predicted molar refractivity (Wildman–Crippen MR) is 114 cm³/mol. The Labute approximate surface area is 174 Å². The summed E-state index contributed by atoms with van der Waals surface area (Å²) in [5.74, 6) is -0.735. The number of halogens is 1. The van der Waals surface area contributed by atoms with Crippen LogP contribution in [0.3, 0.4) is 0 Å². The first kappa shape index (κ1) is 20.2. The molecule has 144 valence electrons. The minimum Gasteiger partial charge on any atom is -0.479 e. The number of aliphatic imine (C=N–C) groups is 1. The first-order valence-corrected chi connectivity index (χ1v) is 10.1. The molecule has 1 saturated heterocycles. The van der Waals surface area contributed by atoms with Crippen molar-refractivity contribution in [3.8, 4) is 5.75 Å². The average Bonchev–Trinajstić information content (AvgIpc) is 3.01. The lowest BCUT2D eigenvalue weighted by molar-refractivity contribution is -0.145. The molecule has 1 amide bonds. The third-order valence-corrected chi connectivity index (χ3v) is 5.25. The molecule has 8 heteroatoms. The van der Waals surface area contributed by atoms with Gasteiger partial charge in [-0.3, -0.25) is 4.79 Å². The van der Waals surface area contributed by atoms with Gasteiger partial charge in [0.2, 0.25) is 0 Å². The van der Waals surface area contributed by atoms with E-state index >= 15 is 0 Å². The maximum atomic E-state index is 12.2. The van der Waals surface area contributed by atoms with Gasteiger partial charge < -0.3 is 15.2 Å². The number of carboxylic acids is 1. The first-order valence-electron chi connectivity index (χ1n) is 8.49. The van der Waals surface area contributed by atoms with E-state index < -0.39 is 12.1 Å². The van der Waals surface area contributed by atoms with Crippen LogP contribution < -0.4 is 10.1 Å². The van der Waals surface area contributed by atoms with Crippen molar-refractivity contribution in [2.45, 2.75) is 19.4 Å². The molecule has 28 heavy (non-hydrogen) atoms. The fourth-order valence-electron chi connectivity index (χ4n) is 2.38. The van der Waals surface area contributed by atoms with E-state index in [9.17, 15) is 9.59 Å². The number of benzene rings is 2. The van der Waals surface area contributed by atoms with Gasteiger partial charge >= 0.3 is 5.97 Å². The maximum Gasteiger partial charge on any atom is 0.344 e. The Kier molecular flexibility index (Phi) is 6.53. The van der Waals surface area contributed by atoms with E-state index in [1.54, 1.807) is 37.3 Å². The van der Waals surface area contributed by atoms with Gasteiger partial charge in [-0.2, -0.15) is 0 Å². The normalized spacial score (nSPS) is 17.6. The fourth-order valence-corrected chi connectivity index (χ4v) is 3.49. The second kappa shape index (κ2) is 9.07. The number of rotatable bonds is 6. The number of amides is 1. The van der Waals surface area contributed by atoms with Crippen LogP contribution in [0.2, 0.25) is 0 Å². The molecule has 2 aromatic rings. The lowest BCUT2D eigenvalue weighted by Crippen LogP contribution is -2.25. The number of amidine groups is 1. The summed E-state index contributed by atoms with van der Waals surface area (Å²) in [6.07, 6.45) is 1.25. The molecule has 0 saturated carbocycles. The second-order valence-electron chi connectivity index (χ2n) is 5.88. The number of carbonyl (C=O) groups excluding carboxylic acids is 1. The van der Waals surface area contributed by atoms with Crippen molar-refractivity contribution in [3.05, 3.63) is 63.5 Å². The predicted octanol–water partition coefficient (Wildman–Crippen LogP) is 4.58. The zero-order chi connectivity index (χ0) is 20.1. The molecule has 2 N–H and O–H groups in total. The van der Waals surface area contributed by atoms with Crippen molar-refractivity contribution in [1.29, 1.82) is 0 Å². The van der Waals surface area contributed by atoms with Crippen LogP contribution >= 0.6 is 27.7 Å². The third-order valence-electron chi connectivity index (χ3n) is 3.81. The second-order valence-corrected chi connectivity index (χ2v) is 7.83. The highest BCUT2D eigenvalue weighted by molar-refractivity contribution is 9.10. The number of carbonyl (C=O) groups is 2. The zero-order valence-corrected chi connectivity index (χ0v) is 17.3. The maximum absolute atomic E-state index is 12.2. The summed E-state index contributed by atoms with van der Waals surface area (Å²) in [5.41, 5.74) is 1.55. The summed E-state index contributed by atoms with van der Waals surface area (Å²) in [7, 11) is 0. The Morgan fingerprint density at radius 1 is 1.25 bits per heavy atom. The summed E-state index contributed by atoms with van der Waals surface area (Å²) in [5, 5.41) is 12.3. The Morgan fingerprint density at radius 3 is 2.54 bits per heavy atom. The van der Waals surface area contributed by atoms with Crippen LogP contribution in [0.15, 0.2) is 62.9 Å². The molecule has 6 nitrogen and oxygen atoms in total. The molecule has 1 unspecified atom stereocenters. The molecule has 0 aliphatic carbocycles. The lowest BCUT2D eigenvalue weighted by Gasteiger charge is -2.13. The van der Waals surface area contributed by atoms with Crippen LogP contribution in [0.5, 0.6) is 5.75 Å². The number of nitrogens with one attached hydrogen (secondary N) is 1. The lowest BCUT2D eigenvalue weighted by atomic mass is 10.2. The third kappa shape index (κ3) is 5.24. The number of hydrogen-bond acceptors (Lipinski definition) is 5. The summed E-state index contributed by atoms with van der Waals surface area (Å²) in [4.78, 5) is 28.2. The summed E-state index contributed by atoms with van der Waals surface area (Å²) in [6, 6.07) is 14.4. The van der Waals surface area contributed by atoms with Gasteiger partial charge in [-0.25, -0.2) is 9.79 Å². The smallest absolute Gasteiger partial charge is 0.344 e.